The van der Waals surface area contributed by atoms with E-state index in [2.05, 4.69) is 27.7 Å². The van der Waals surface area contributed by atoms with Crippen molar-refractivity contribution in [3.8, 4) is 0 Å². The zero-order chi connectivity index (χ0) is 19.7. The van der Waals surface area contributed by atoms with Crippen LogP contribution in [0.15, 0.2) is 0 Å². The van der Waals surface area contributed by atoms with Gasteiger partial charge in [-0.15, -0.1) is 0 Å². The Balaban J connectivity index is 1.30. The Labute approximate surface area is 177 Å². The first kappa shape index (κ1) is 21.2. The number of hydrogen-bond acceptors (Lipinski definition) is 0. The van der Waals surface area contributed by atoms with E-state index in [9.17, 15) is 0 Å². The minimum absolute atomic E-state index is 0.996. The van der Waals surface area contributed by atoms with Gasteiger partial charge in [-0.25, -0.2) is 0 Å². The molecule has 0 nitrogen and oxygen atoms in total. The molecule has 0 radical (unpaired) electrons. The lowest BCUT2D eigenvalue weighted by molar-refractivity contribution is 0.0217. The van der Waals surface area contributed by atoms with Crippen LogP contribution in [0.1, 0.15) is 118 Å². The lowest BCUT2D eigenvalue weighted by Crippen LogP contribution is -2.39. The van der Waals surface area contributed by atoms with E-state index >= 15 is 0 Å². The highest BCUT2D eigenvalue weighted by atomic mass is 14.5. The lowest BCUT2D eigenvalue weighted by Gasteiger charge is -2.48. The smallest absolute Gasteiger partial charge is 0.0357 e. The summed E-state index contributed by atoms with van der Waals surface area (Å²) in [5.41, 5.74) is 0. The molecule has 4 fully saturated rings. The second-order valence-electron chi connectivity index (χ2n) is 12.3. The molecule has 0 amide bonds. The Hall–Kier alpha value is 0. The molecule has 4 aliphatic carbocycles. The maximum absolute atomic E-state index is 2.64. The summed E-state index contributed by atoms with van der Waals surface area (Å²) in [6.07, 6.45) is 21.5. The van der Waals surface area contributed by atoms with Crippen LogP contribution >= 0.6 is 0 Å². The minimum atomic E-state index is 0.996. The summed E-state index contributed by atoms with van der Waals surface area (Å²) in [4.78, 5) is 0. The predicted molar refractivity (Wildman–Crippen MR) is 122 cm³/mol. The number of hydrogen-bond donors (Lipinski definition) is 0. The van der Waals surface area contributed by atoms with Gasteiger partial charge < -0.3 is 0 Å². The first-order valence-electron chi connectivity index (χ1n) is 13.5. The molecule has 0 aromatic heterocycles. The van der Waals surface area contributed by atoms with Gasteiger partial charge in [-0.1, -0.05) is 66.2 Å². The molecule has 0 aromatic carbocycles. The van der Waals surface area contributed by atoms with E-state index < -0.39 is 0 Å². The van der Waals surface area contributed by atoms with Gasteiger partial charge in [0, 0.05) is 0 Å². The van der Waals surface area contributed by atoms with Crippen LogP contribution in [0.25, 0.3) is 0 Å². The summed E-state index contributed by atoms with van der Waals surface area (Å²) < 4.78 is 0. The molecule has 0 N–H and O–H groups in total. The molecule has 10 atom stereocenters. The van der Waals surface area contributed by atoms with E-state index in [0.717, 1.165) is 59.2 Å². The molecular weight excluding hydrogens is 336 g/mol. The Morgan fingerprint density at radius 1 is 0.357 bits per heavy atom. The van der Waals surface area contributed by atoms with Crippen LogP contribution in [0.3, 0.4) is 0 Å². The van der Waals surface area contributed by atoms with Gasteiger partial charge in [-0.2, -0.15) is 0 Å². The maximum atomic E-state index is 2.64. The Kier molecular flexibility index (Phi) is 7.15. The zero-order valence-corrected chi connectivity index (χ0v) is 19.7. The molecule has 4 aliphatic rings. The van der Waals surface area contributed by atoms with Crippen molar-refractivity contribution >= 4 is 0 Å². The topological polar surface area (TPSA) is 0 Å². The molecule has 0 saturated heterocycles. The summed E-state index contributed by atoms with van der Waals surface area (Å²) in [6.45, 7) is 10.4. The standard InChI is InChI=1S/C28H50/c1-19-9-5-7-11-25(19)27-15-13-23(17-21(27)3)24-14-16-28(22(4)18-24)26-12-8-6-10-20(26)2/h19-28H,5-18H2,1-4H3. The van der Waals surface area contributed by atoms with Crippen molar-refractivity contribution in [1.82, 2.24) is 0 Å². The van der Waals surface area contributed by atoms with Crippen LogP contribution in [0.4, 0.5) is 0 Å². The Morgan fingerprint density at radius 2 is 0.714 bits per heavy atom. The van der Waals surface area contributed by atoms with Crippen LogP contribution in [-0.2, 0) is 0 Å². The summed E-state index contributed by atoms with van der Waals surface area (Å²) >= 11 is 0. The molecule has 0 aromatic rings. The first-order chi connectivity index (χ1) is 13.5. The largest absolute Gasteiger partial charge is 0.0622 e. The van der Waals surface area contributed by atoms with Crippen molar-refractivity contribution < 1.29 is 0 Å². The SMILES string of the molecule is CC1CCCCC1C1CCC(C2CCC(C3CCCCC3C)C(C)C2)CC1C. The fourth-order valence-corrected chi connectivity index (χ4v) is 9.01. The van der Waals surface area contributed by atoms with Crippen molar-refractivity contribution in [2.75, 3.05) is 0 Å². The summed E-state index contributed by atoms with van der Waals surface area (Å²) in [5, 5.41) is 0. The molecule has 0 heterocycles. The summed E-state index contributed by atoms with van der Waals surface area (Å²) in [5.74, 6) is 10.4. The molecule has 0 spiro atoms. The second kappa shape index (κ2) is 9.43. The van der Waals surface area contributed by atoms with Gasteiger partial charge in [0.15, 0.2) is 0 Å². The fourth-order valence-electron chi connectivity index (χ4n) is 9.01. The molecular formula is C28H50. The summed E-state index contributed by atoms with van der Waals surface area (Å²) in [7, 11) is 0. The quantitative estimate of drug-likeness (QED) is 0.454. The third-order valence-electron chi connectivity index (χ3n) is 10.7. The highest BCUT2D eigenvalue weighted by Gasteiger charge is 2.42. The monoisotopic (exact) mass is 386 g/mol. The van der Waals surface area contributed by atoms with E-state index in [4.69, 9.17) is 0 Å². The number of rotatable bonds is 3. The predicted octanol–water partition coefficient (Wildman–Crippen LogP) is 8.74. The van der Waals surface area contributed by atoms with Gasteiger partial charge in [0.1, 0.15) is 0 Å². The van der Waals surface area contributed by atoms with Gasteiger partial charge in [-0.3, -0.25) is 0 Å². The van der Waals surface area contributed by atoms with E-state index in [1.54, 1.807) is 51.4 Å². The van der Waals surface area contributed by atoms with E-state index in [-0.39, 0.29) is 0 Å². The molecule has 10 unspecified atom stereocenters. The van der Waals surface area contributed by atoms with Crippen molar-refractivity contribution in [2.45, 2.75) is 118 Å². The van der Waals surface area contributed by atoms with Crippen LogP contribution in [0.2, 0.25) is 0 Å². The molecule has 0 aliphatic heterocycles. The van der Waals surface area contributed by atoms with Gasteiger partial charge in [-0.05, 0) is 111 Å². The van der Waals surface area contributed by atoms with Gasteiger partial charge in [0.2, 0.25) is 0 Å². The van der Waals surface area contributed by atoms with Crippen molar-refractivity contribution in [3.05, 3.63) is 0 Å². The first-order valence-corrected chi connectivity index (χ1v) is 13.5. The fraction of sp³-hybridized carbons (Fsp3) is 1.00. The Bertz CT molecular complexity index is 436. The maximum Gasteiger partial charge on any atom is -0.0357 e. The average molecular weight is 387 g/mol. The van der Waals surface area contributed by atoms with Crippen molar-refractivity contribution in [3.63, 3.8) is 0 Å². The summed E-state index contributed by atoms with van der Waals surface area (Å²) in [6, 6.07) is 0. The van der Waals surface area contributed by atoms with Crippen LogP contribution in [-0.4, -0.2) is 0 Å². The molecule has 4 saturated carbocycles. The molecule has 4 rings (SSSR count). The van der Waals surface area contributed by atoms with Crippen LogP contribution in [0, 0.1) is 59.2 Å². The zero-order valence-electron chi connectivity index (χ0n) is 19.7. The minimum Gasteiger partial charge on any atom is -0.0622 e. The van der Waals surface area contributed by atoms with E-state index in [1.807, 2.05) is 0 Å². The van der Waals surface area contributed by atoms with Gasteiger partial charge >= 0.3 is 0 Å². The Morgan fingerprint density at radius 3 is 1.07 bits per heavy atom. The third-order valence-corrected chi connectivity index (χ3v) is 10.7. The third kappa shape index (κ3) is 4.51. The van der Waals surface area contributed by atoms with Crippen molar-refractivity contribution in [1.29, 1.82) is 0 Å². The van der Waals surface area contributed by atoms with Gasteiger partial charge in [0.25, 0.3) is 0 Å². The molecule has 28 heavy (non-hydrogen) atoms. The van der Waals surface area contributed by atoms with Crippen LogP contribution in [0.5, 0.6) is 0 Å². The van der Waals surface area contributed by atoms with E-state index in [0.29, 0.717) is 0 Å². The van der Waals surface area contributed by atoms with Crippen molar-refractivity contribution in [2.24, 2.45) is 59.2 Å². The molecule has 0 bridgehead atoms. The molecule has 0 heteroatoms. The average Bonchev–Trinajstić information content (AvgIpc) is 2.69. The van der Waals surface area contributed by atoms with Crippen LogP contribution < -0.4 is 0 Å². The van der Waals surface area contributed by atoms with E-state index in [1.165, 1.54) is 38.5 Å². The molecule has 162 valence electrons. The van der Waals surface area contributed by atoms with Gasteiger partial charge in [0.05, 0.1) is 0 Å². The normalized spacial score (nSPS) is 51.0. The second-order valence-corrected chi connectivity index (χ2v) is 12.3. The highest BCUT2D eigenvalue weighted by Crippen LogP contribution is 2.51. The highest BCUT2D eigenvalue weighted by molar-refractivity contribution is 4.92. The lowest BCUT2D eigenvalue weighted by atomic mass is 9.57.